The quantitative estimate of drug-likeness (QED) is 0.741. The largest absolute Gasteiger partial charge is 0.506 e. The van der Waals surface area contributed by atoms with Gasteiger partial charge in [0.15, 0.2) is 0 Å². The molecule has 0 atom stereocenters. The van der Waals surface area contributed by atoms with Gasteiger partial charge in [0.25, 0.3) is 0 Å². The molecule has 0 aromatic carbocycles. The number of carbonyl (C=O) groups excluding carboxylic acids is 1. The third-order valence-corrected chi connectivity index (χ3v) is 4.83. The molecule has 0 bridgehead atoms. The van der Waals surface area contributed by atoms with Crippen molar-refractivity contribution in [2.45, 2.75) is 12.5 Å². The van der Waals surface area contributed by atoms with E-state index in [9.17, 15) is 15.0 Å². The number of hydrogen-bond donors (Lipinski definition) is 3. The normalized spacial score (nSPS) is 16.1. The van der Waals surface area contributed by atoms with Crippen molar-refractivity contribution in [1.82, 2.24) is 10.3 Å². The molecule has 0 amide bonds. The van der Waals surface area contributed by atoms with Gasteiger partial charge in [0.05, 0.1) is 7.11 Å². The number of nitrogens with zero attached hydrogens (tertiary/aromatic N) is 1. The molecule has 116 valence electrons. The fourth-order valence-corrected chi connectivity index (χ4v) is 3.34. The molecule has 1 aliphatic rings. The first-order valence-electron chi connectivity index (χ1n) is 6.76. The standard InChI is InChI=1S/C15H16N2O4S/c1-8-10(4-12(22-8)14(19)21-2)13-11(18)3-9(5-17-13)15(20)6-16-7-15/h3-5,16,18,20H,6-7H2,1-2H3. The molecule has 3 N–H and O–H groups in total. The lowest BCUT2D eigenvalue weighted by Crippen LogP contribution is -2.56. The Hall–Kier alpha value is -1.96. The number of aryl methyl sites for hydroxylation is 1. The van der Waals surface area contributed by atoms with Crippen LogP contribution < -0.4 is 5.32 Å². The van der Waals surface area contributed by atoms with Gasteiger partial charge in [0, 0.05) is 35.3 Å². The number of thiophene rings is 1. The topological polar surface area (TPSA) is 91.7 Å². The molecule has 0 unspecified atom stereocenters. The van der Waals surface area contributed by atoms with Gasteiger partial charge in [0.1, 0.15) is 21.9 Å². The Morgan fingerprint density at radius 3 is 2.73 bits per heavy atom. The summed E-state index contributed by atoms with van der Waals surface area (Å²) in [5, 5.41) is 23.5. The fraction of sp³-hybridized carbons (Fsp3) is 0.333. The summed E-state index contributed by atoms with van der Waals surface area (Å²) in [4.78, 5) is 17.2. The van der Waals surface area contributed by atoms with Crippen molar-refractivity contribution in [3.05, 3.63) is 33.6 Å². The molecule has 1 saturated heterocycles. The molecule has 3 rings (SSSR count). The van der Waals surface area contributed by atoms with Gasteiger partial charge in [-0.2, -0.15) is 0 Å². The first-order chi connectivity index (χ1) is 10.4. The van der Waals surface area contributed by atoms with Gasteiger partial charge >= 0.3 is 5.97 Å². The minimum Gasteiger partial charge on any atom is -0.506 e. The van der Waals surface area contributed by atoms with E-state index >= 15 is 0 Å². The lowest BCUT2D eigenvalue weighted by molar-refractivity contribution is -0.0151. The predicted octanol–water partition coefficient (Wildman–Crippen LogP) is 1.40. The molecule has 0 radical (unpaired) electrons. The van der Waals surface area contributed by atoms with Crippen LogP contribution in [0.2, 0.25) is 0 Å². The summed E-state index contributed by atoms with van der Waals surface area (Å²) in [5.41, 5.74) is 0.689. The maximum absolute atomic E-state index is 11.6. The molecule has 6 nitrogen and oxygen atoms in total. The summed E-state index contributed by atoms with van der Waals surface area (Å²) in [7, 11) is 1.33. The molecule has 0 spiro atoms. The van der Waals surface area contributed by atoms with Gasteiger partial charge < -0.3 is 20.3 Å². The van der Waals surface area contributed by atoms with Crippen LogP contribution in [0.4, 0.5) is 0 Å². The Bertz CT molecular complexity index is 737. The Morgan fingerprint density at radius 2 is 2.18 bits per heavy atom. The van der Waals surface area contributed by atoms with Crippen molar-refractivity contribution in [2.24, 2.45) is 0 Å². The number of pyridine rings is 1. The zero-order valence-electron chi connectivity index (χ0n) is 12.2. The van der Waals surface area contributed by atoms with E-state index in [1.54, 1.807) is 12.3 Å². The van der Waals surface area contributed by atoms with E-state index in [-0.39, 0.29) is 5.75 Å². The first kappa shape index (κ1) is 15.0. The van der Waals surface area contributed by atoms with Gasteiger partial charge in [-0.15, -0.1) is 11.3 Å². The van der Waals surface area contributed by atoms with Crippen molar-refractivity contribution in [3.8, 4) is 17.0 Å². The van der Waals surface area contributed by atoms with Gasteiger partial charge in [0.2, 0.25) is 0 Å². The smallest absolute Gasteiger partial charge is 0.348 e. The summed E-state index contributed by atoms with van der Waals surface area (Å²) in [6.45, 7) is 2.74. The summed E-state index contributed by atoms with van der Waals surface area (Å²) in [6, 6.07) is 3.19. The highest BCUT2D eigenvalue weighted by atomic mass is 32.1. The minimum absolute atomic E-state index is 0.0184. The highest BCUT2D eigenvalue weighted by Gasteiger charge is 2.37. The van der Waals surface area contributed by atoms with E-state index in [2.05, 4.69) is 10.3 Å². The van der Waals surface area contributed by atoms with Gasteiger partial charge in [-0.25, -0.2) is 4.79 Å². The lowest BCUT2D eigenvalue weighted by atomic mass is 9.89. The zero-order chi connectivity index (χ0) is 15.9. The second kappa shape index (κ2) is 5.35. The van der Waals surface area contributed by atoms with Gasteiger partial charge in [-0.3, -0.25) is 4.98 Å². The van der Waals surface area contributed by atoms with Crippen LogP contribution in [0.25, 0.3) is 11.3 Å². The average molecular weight is 320 g/mol. The number of rotatable bonds is 3. The number of carbonyl (C=O) groups is 1. The number of β-amino-alcohol motifs (C(OH)–C–C–N with tert-alkyl or cyclic N) is 1. The molecule has 7 heteroatoms. The number of hydrogen-bond acceptors (Lipinski definition) is 7. The number of ether oxygens (including phenoxy) is 1. The SMILES string of the molecule is COC(=O)c1cc(-c2ncc(C3(O)CNC3)cc2O)c(C)s1. The van der Waals surface area contributed by atoms with Crippen LogP contribution >= 0.6 is 11.3 Å². The molecule has 1 aliphatic heterocycles. The Morgan fingerprint density at radius 1 is 1.45 bits per heavy atom. The number of nitrogens with one attached hydrogen (secondary N) is 1. The van der Waals surface area contributed by atoms with Crippen molar-refractivity contribution in [2.75, 3.05) is 20.2 Å². The molecule has 22 heavy (non-hydrogen) atoms. The number of aromatic hydroxyl groups is 1. The molecule has 1 fully saturated rings. The number of aliphatic hydroxyl groups is 1. The molecular formula is C15H16N2O4S. The summed E-state index contributed by atoms with van der Waals surface area (Å²) in [6.07, 6.45) is 1.56. The van der Waals surface area contributed by atoms with Gasteiger partial charge in [-0.1, -0.05) is 0 Å². The van der Waals surface area contributed by atoms with Crippen LogP contribution in [0.1, 0.15) is 20.1 Å². The van der Waals surface area contributed by atoms with E-state index in [1.165, 1.54) is 24.5 Å². The third-order valence-electron chi connectivity index (χ3n) is 3.80. The average Bonchev–Trinajstić information content (AvgIpc) is 2.85. The lowest BCUT2D eigenvalue weighted by Gasteiger charge is -2.37. The maximum atomic E-state index is 11.6. The number of aromatic nitrogens is 1. The summed E-state index contributed by atoms with van der Waals surface area (Å²) in [5.74, 6) is -0.430. The Kier molecular flexibility index (Phi) is 3.64. The highest BCUT2D eigenvalue weighted by Crippen LogP contribution is 2.37. The Balaban J connectivity index is 1.99. The Labute approximate surface area is 131 Å². The van der Waals surface area contributed by atoms with E-state index in [1.807, 2.05) is 6.92 Å². The minimum atomic E-state index is -0.968. The fourth-order valence-electron chi connectivity index (χ4n) is 2.40. The molecular weight excluding hydrogens is 304 g/mol. The van der Waals surface area contributed by atoms with E-state index < -0.39 is 11.6 Å². The molecule has 0 saturated carbocycles. The van der Waals surface area contributed by atoms with Crippen LogP contribution in [0.3, 0.4) is 0 Å². The molecule has 3 heterocycles. The van der Waals surface area contributed by atoms with Gasteiger partial charge in [-0.05, 0) is 19.1 Å². The van der Waals surface area contributed by atoms with Crippen molar-refractivity contribution in [1.29, 1.82) is 0 Å². The van der Waals surface area contributed by atoms with Crippen LogP contribution in [0, 0.1) is 6.92 Å². The summed E-state index contributed by atoms with van der Waals surface area (Å²) >= 11 is 1.29. The maximum Gasteiger partial charge on any atom is 0.348 e. The first-order valence-corrected chi connectivity index (χ1v) is 7.58. The second-order valence-electron chi connectivity index (χ2n) is 5.30. The highest BCUT2D eigenvalue weighted by molar-refractivity contribution is 7.14. The summed E-state index contributed by atoms with van der Waals surface area (Å²) < 4.78 is 4.71. The molecule has 2 aromatic rings. The van der Waals surface area contributed by atoms with Crippen LogP contribution in [0.5, 0.6) is 5.75 Å². The van der Waals surface area contributed by atoms with E-state index in [4.69, 9.17) is 4.74 Å². The third kappa shape index (κ3) is 2.37. The van der Waals surface area contributed by atoms with Crippen molar-refractivity contribution >= 4 is 17.3 Å². The van der Waals surface area contributed by atoms with Crippen LogP contribution in [-0.2, 0) is 10.3 Å². The molecule has 2 aromatic heterocycles. The van der Waals surface area contributed by atoms with Crippen LogP contribution in [0.15, 0.2) is 18.3 Å². The molecule has 0 aliphatic carbocycles. The monoisotopic (exact) mass is 320 g/mol. The second-order valence-corrected chi connectivity index (χ2v) is 6.56. The van der Waals surface area contributed by atoms with Crippen molar-refractivity contribution in [3.63, 3.8) is 0 Å². The van der Waals surface area contributed by atoms with E-state index in [0.29, 0.717) is 34.8 Å². The number of methoxy groups -OCH3 is 1. The van der Waals surface area contributed by atoms with Crippen LogP contribution in [-0.4, -0.2) is 41.4 Å². The van der Waals surface area contributed by atoms with E-state index in [0.717, 1.165) is 4.88 Å². The van der Waals surface area contributed by atoms with Crippen molar-refractivity contribution < 1.29 is 19.7 Å². The predicted molar refractivity (Wildman–Crippen MR) is 82.1 cm³/mol. The zero-order valence-corrected chi connectivity index (χ0v) is 13.0. The number of esters is 1.